The van der Waals surface area contributed by atoms with Gasteiger partial charge in [-0.15, -0.1) is 0 Å². The predicted octanol–water partition coefficient (Wildman–Crippen LogP) is 10.8. The van der Waals surface area contributed by atoms with Gasteiger partial charge in [-0.25, -0.2) is 0 Å². The number of benzene rings is 2. The maximum Gasteiger partial charge on any atom is 0.243 e. The lowest BCUT2D eigenvalue weighted by molar-refractivity contribution is -0.116. The van der Waals surface area contributed by atoms with Crippen molar-refractivity contribution in [3.63, 3.8) is 0 Å². The van der Waals surface area contributed by atoms with Crippen LogP contribution in [0, 0.1) is 26.7 Å². The first kappa shape index (κ1) is 42.1. The minimum Gasteiger partial charge on any atom is -0.494 e. The van der Waals surface area contributed by atoms with Crippen LogP contribution in [0.1, 0.15) is 102 Å². The van der Waals surface area contributed by atoms with Crippen LogP contribution < -0.4 is 14.8 Å². The number of allylic oxidation sites excluding steroid dienone is 6. The lowest BCUT2D eigenvalue weighted by Gasteiger charge is -2.21. The predicted molar refractivity (Wildman–Crippen MR) is 205 cm³/mol. The first-order chi connectivity index (χ1) is 23.1. The maximum atomic E-state index is 13.0. The van der Waals surface area contributed by atoms with Crippen LogP contribution in [-0.2, 0) is 22.4 Å². The van der Waals surface area contributed by atoms with Crippen molar-refractivity contribution in [3.8, 4) is 11.5 Å². The van der Waals surface area contributed by atoms with Crippen molar-refractivity contribution in [2.75, 3.05) is 31.8 Å². The Bertz CT molecular complexity index is 1350. The highest BCUT2D eigenvalue weighted by Crippen LogP contribution is 2.36. The second-order valence-electron chi connectivity index (χ2n) is 12.0. The third kappa shape index (κ3) is 13.7. The number of fused-ring (bicyclic) bond motifs is 1. The molecule has 4 rings (SSSR count). The van der Waals surface area contributed by atoms with Gasteiger partial charge in [-0.05, 0) is 98.9 Å². The lowest BCUT2D eigenvalue weighted by Crippen LogP contribution is -2.31. The molecular weight excluding hydrogens is 596 g/mol. The molecule has 0 spiro atoms. The highest BCUT2D eigenvalue weighted by atomic mass is 16.7. The summed E-state index contributed by atoms with van der Waals surface area (Å²) in [6.07, 6.45) is 14.7. The Morgan fingerprint density at radius 1 is 1.04 bits per heavy atom. The van der Waals surface area contributed by atoms with E-state index in [1.54, 1.807) is 6.08 Å². The number of likely N-dealkylation sites (tertiary alicyclic amines) is 1. The molecule has 6 heteroatoms. The number of rotatable bonds is 11. The molecule has 1 N–H and O–H groups in total. The van der Waals surface area contributed by atoms with Gasteiger partial charge in [0, 0.05) is 17.9 Å². The summed E-state index contributed by atoms with van der Waals surface area (Å²) in [5.41, 5.74) is 8.27. The normalized spacial score (nSPS) is 15.6. The van der Waals surface area contributed by atoms with Gasteiger partial charge in [0.25, 0.3) is 0 Å². The lowest BCUT2D eigenvalue weighted by atomic mass is 9.99. The van der Waals surface area contributed by atoms with Crippen LogP contribution in [0.4, 0.5) is 5.69 Å². The second-order valence-corrected chi connectivity index (χ2v) is 12.0. The number of hydrogen-bond donors (Lipinski definition) is 1. The molecule has 48 heavy (non-hydrogen) atoms. The van der Waals surface area contributed by atoms with Gasteiger partial charge in [0.05, 0.1) is 13.2 Å². The van der Waals surface area contributed by atoms with E-state index < -0.39 is 0 Å². The van der Waals surface area contributed by atoms with Crippen molar-refractivity contribution in [2.45, 2.75) is 108 Å². The zero-order valence-corrected chi connectivity index (χ0v) is 31.9. The number of amides is 1. The van der Waals surface area contributed by atoms with Gasteiger partial charge in [-0.3, -0.25) is 4.79 Å². The van der Waals surface area contributed by atoms with Gasteiger partial charge in [0.15, 0.2) is 11.5 Å². The Labute approximate surface area is 292 Å². The van der Waals surface area contributed by atoms with E-state index in [0.29, 0.717) is 25.9 Å². The van der Waals surface area contributed by atoms with E-state index in [9.17, 15) is 4.79 Å². The second kappa shape index (κ2) is 23.4. The van der Waals surface area contributed by atoms with Crippen LogP contribution in [-0.4, -0.2) is 37.3 Å². The molecular formula is C42H64N2O4. The molecule has 2 aromatic rings. The van der Waals surface area contributed by atoms with E-state index in [0.717, 1.165) is 55.2 Å². The molecule has 1 fully saturated rings. The van der Waals surface area contributed by atoms with Crippen molar-refractivity contribution in [1.82, 2.24) is 4.90 Å². The number of aryl methyl sites for hydroxylation is 4. The Morgan fingerprint density at radius 2 is 1.69 bits per heavy atom. The van der Waals surface area contributed by atoms with Gasteiger partial charge >= 0.3 is 0 Å². The van der Waals surface area contributed by atoms with Crippen molar-refractivity contribution in [1.29, 1.82) is 0 Å². The fraction of sp³-hybridized carbons (Fsp3) is 0.500. The summed E-state index contributed by atoms with van der Waals surface area (Å²) in [5, 5.41) is 3.22. The molecule has 1 saturated heterocycles. The number of hydrogen-bond acceptors (Lipinski definition) is 5. The summed E-state index contributed by atoms with van der Waals surface area (Å²) in [5.74, 6) is 3.14. The molecule has 0 aromatic heterocycles. The van der Waals surface area contributed by atoms with E-state index in [2.05, 4.69) is 90.4 Å². The molecule has 2 heterocycles. The minimum atomic E-state index is 0.0424. The van der Waals surface area contributed by atoms with Crippen molar-refractivity contribution in [2.24, 2.45) is 5.92 Å². The molecule has 0 saturated carbocycles. The topological polar surface area (TPSA) is 60.0 Å². The molecule has 1 atom stereocenters. The highest BCUT2D eigenvalue weighted by molar-refractivity contribution is 5.94. The van der Waals surface area contributed by atoms with E-state index in [1.807, 2.05) is 51.1 Å². The fourth-order valence-electron chi connectivity index (χ4n) is 5.35. The largest absolute Gasteiger partial charge is 0.494 e. The first-order valence-corrected chi connectivity index (χ1v) is 18.0. The molecule has 0 aliphatic carbocycles. The van der Waals surface area contributed by atoms with Gasteiger partial charge in [0.2, 0.25) is 12.7 Å². The zero-order valence-electron chi connectivity index (χ0n) is 31.9. The van der Waals surface area contributed by atoms with E-state index in [4.69, 9.17) is 14.2 Å². The zero-order chi connectivity index (χ0) is 36.1. The van der Waals surface area contributed by atoms with Crippen molar-refractivity contribution in [3.05, 3.63) is 100 Å². The van der Waals surface area contributed by atoms with Crippen molar-refractivity contribution >= 4 is 11.6 Å². The van der Waals surface area contributed by atoms with Crippen LogP contribution >= 0.6 is 0 Å². The summed E-state index contributed by atoms with van der Waals surface area (Å²) in [4.78, 5) is 15.2. The first-order valence-electron chi connectivity index (χ1n) is 18.0. The summed E-state index contributed by atoms with van der Waals surface area (Å²) in [7, 11) is 0. The van der Waals surface area contributed by atoms with Crippen LogP contribution in [0.15, 0.2) is 72.7 Å². The summed E-state index contributed by atoms with van der Waals surface area (Å²) in [6.45, 7) is 29.1. The number of carbonyl (C=O) groups excluding carboxylic acids is 1. The average molecular weight is 661 g/mol. The average Bonchev–Trinajstić information content (AvgIpc) is 3.70. The van der Waals surface area contributed by atoms with Gasteiger partial charge in [-0.2, -0.15) is 0 Å². The Balaban J connectivity index is 0.000000589. The highest BCUT2D eigenvalue weighted by Gasteiger charge is 2.25. The smallest absolute Gasteiger partial charge is 0.243 e. The van der Waals surface area contributed by atoms with Gasteiger partial charge in [0.1, 0.15) is 5.76 Å². The summed E-state index contributed by atoms with van der Waals surface area (Å²) >= 11 is 0. The third-order valence-corrected chi connectivity index (χ3v) is 7.66. The Kier molecular flexibility index (Phi) is 20.5. The molecule has 2 aliphatic heterocycles. The number of nitrogens with one attached hydrogen (secondary N) is 1. The molecule has 1 amide bonds. The molecule has 1 unspecified atom stereocenters. The molecule has 266 valence electrons. The van der Waals surface area contributed by atoms with Crippen LogP contribution in [0.25, 0.3) is 0 Å². The van der Waals surface area contributed by atoms with Crippen molar-refractivity contribution < 1.29 is 19.0 Å². The summed E-state index contributed by atoms with van der Waals surface area (Å²) < 4.78 is 16.2. The van der Waals surface area contributed by atoms with E-state index in [-0.39, 0.29) is 5.91 Å². The Morgan fingerprint density at radius 3 is 2.27 bits per heavy atom. The number of anilines is 1. The van der Waals surface area contributed by atoms with Gasteiger partial charge in [-0.1, -0.05) is 104 Å². The van der Waals surface area contributed by atoms with Crippen LogP contribution in [0.5, 0.6) is 11.5 Å². The van der Waals surface area contributed by atoms with Crippen LogP contribution in [0.3, 0.4) is 0 Å². The van der Waals surface area contributed by atoms with E-state index >= 15 is 0 Å². The fourth-order valence-corrected chi connectivity index (χ4v) is 5.35. The molecule has 0 bridgehead atoms. The third-order valence-electron chi connectivity index (χ3n) is 7.66. The quantitative estimate of drug-likeness (QED) is 0.192. The number of ether oxygens (including phenoxy) is 3. The Hall–Kier alpha value is -3.93. The molecule has 2 aliphatic rings. The summed E-state index contributed by atoms with van der Waals surface area (Å²) in [6, 6.07) is 8.35. The number of carbonyl (C=O) groups is 1. The van der Waals surface area contributed by atoms with E-state index in [1.165, 1.54) is 39.9 Å². The monoisotopic (exact) mass is 660 g/mol. The van der Waals surface area contributed by atoms with Crippen LogP contribution in [0.2, 0.25) is 0 Å². The minimum absolute atomic E-state index is 0.0424. The molecule has 0 radical (unpaired) electrons. The standard InChI is InChI=1S/C28H40N2O2.C9H10O2.C3H8.C2H6/c1-7-12-26(32-15-8-2)14-11-13-25-18-22(6)19-30(25)20-27(31)29-28-23(9-3)16-21(5)17-24(28)10-4;1-6-3-4-8-9(7(6)2)11-5-10-8;1-3-2;1-2/h7,11-14,16-17,22H,1,8-10,15,18-20H2,2-6H3,(H,29,31);3-4H,5H2,1-2H3;3H2,1-2H3;1-2H3/b14-11-,25-13+,26-12+;;;. The maximum absolute atomic E-state index is 13.0. The van der Waals surface area contributed by atoms with Gasteiger partial charge < -0.3 is 24.4 Å². The number of nitrogens with zero attached hydrogens (tertiary/aromatic N) is 1. The SMILES string of the molecule is C=C\C=C(/C=C\C=C1/CC(C)CN1CC(=O)Nc1c(CC)cc(C)cc1CC)OCCC.CC.CCC.Cc1ccc2c(c1C)OCO2. The molecule has 6 nitrogen and oxygen atoms in total. The molecule has 2 aromatic carbocycles.